The van der Waals surface area contributed by atoms with E-state index in [9.17, 15) is 4.79 Å². The first-order valence-corrected chi connectivity index (χ1v) is 10.2. The summed E-state index contributed by atoms with van der Waals surface area (Å²) in [7, 11) is 1.62. The van der Waals surface area contributed by atoms with E-state index in [0.717, 1.165) is 40.7 Å². The average molecular weight is 397 g/mol. The molecule has 28 heavy (non-hydrogen) atoms. The predicted octanol–water partition coefficient (Wildman–Crippen LogP) is 3.59. The van der Waals surface area contributed by atoms with E-state index < -0.39 is 0 Å². The zero-order chi connectivity index (χ0) is 19.8. The third-order valence-corrected chi connectivity index (χ3v) is 6.43. The number of hydrogen-bond donors (Lipinski definition) is 0. The number of aromatic nitrogens is 2. The summed E-state index contributed by atoms with van der Waals surface area (Å²) >= 11 is 1.72. The summed E-state index contributed by atoms with van der Waals surface area (Å²) < 4.78 is 5.17. The molecule has 0 radical (unpaired) electrons. The topological polar surface area (TPSA) is 58.6 Å². The van der Waals surface area contributed by atoms with Gasteiger partial charge >= 0.3 is 0 Å². The predicted molar refractivity (Wildman–Crippen MR) is 113 cm³/mol. The van der Waals surface area contributed by atoms with Crippen LogP contribution in [0.3, 0.4) is 0 Å². The number of rotatable bonds is 3. The van der Waals surface area contributed by atoms with Gasteiger partial charge < -0.3 is 14.5 Å². The number of fused-ring (bicyclic) bond motifs is 1. The molecule has 1 aromatic carbocycles. The molecular weight excluding hydrogens is 372 g/mol. The minimum absolute atomic E-state index is 0.0638. The van der Waals surface area contributed by atoms with Crippen LogP contribution in [0.1, 0.15) is 26.6 Å². The van der Waals surface area contributed by atoms with Crippen molar-refractivity contribution in [1.82, 2.24) is 14.9 Å². The molecular formula is C21H24N4O2S. The number of piperazine rings is 1. The fraction of sp³-hybridized carbons (Fsp3) is 0.381. The quantitative estimate of drug-likeness (QED) is 0.677. The molecule has 1 amide bonds. The highest BCUT2D eigenvalue weighted by atomic mass is 32.1. The molecule has 1 fully saturated rings. The van der Waals surface area contributed by atoms with Gasteiger partial charge in [0.15, 0.2) is 0 Å². The molecule has 3 aromatic rings. The summed E-state index contributed by atoms with van der Waals surface area (Å²) in [5, 5.41) is 1.16. The minimum Gasteiger partial charge on any atom is -0.497 e. The molecule has 6 nitrogen and oxygen atoms in total. The lowest BCUT2D eigenvalue weighted by Crippen LogP contribution is -2.49. The summed E-state index contributed by atoms with van der Waals surface area (Å²) in [5.74, 6) is 2.61. The Kier molecular flexibility index (Phi) is 4.93. The maximum Gasteiger partial charge on any atom is 0.253 e. The zero-order valence-corrected chi connectivity index (χ0v) is 17.5. The Morgan fingerprint density at radius 2 is 1.71 bits per heavy atom. The first-order chi connectivity index (χ1) is 13.5. The Bertz CT molecular complexity index is 1020. The Morgan fingerprint density at radius 3 is 2.36 bits per heavy atom. The van der Waals surface area contributed by atoms with E-state index in [1.54, 1.807) is 18.4 Å². The molecule has 0 unspecified atom stereocenters. The van der Waals surface area contributed by atoms with E-state index in [1.165, 1.54) is 10.4 Å². The largest absolute Gasteiger partial charge is 0.497 e. The van der Waals surface area contributed by atoms with Gasteiger partial charge in [0, 0.05) is 36.6 Å². The molecule has 2 aromatic heterocycles. The number of thiophene rings is 1. The molecule has 1 aliphatic rings. The highest BCUT2D eigenvalue weighted by Gasteiger charge is 2.25. The van der Waals surface area contributed by atoms with Crippen LogP contribution in [0.25, 0.3) is 10.2 Å². The Morgan fingerprint density at radius 1 is 1.04 bits per heavy atom. The number of aryl methyl sites for hydroxylation is 3. The number of benzene rings is 1. The molecule has 0 aliphatic carbocycles. The van der Waals surface area contributed by atoms with Crippen LogP contribution in [-0.2, 0) is 0 Å². The van der Waals surface area contributed by atoms with Crippen molar-refractivity contribution in [1.29, 1.82) is 0 Å². The van der Waals surface area contributed by atoms with E-state index in [4.69, 9.17) is 9.72 Å². The molecule has 0 bridgehead atoms. The maximum atomic E-state index is 12.8. The van der Waals surface area contributed by atoms with Gasteiger partial charge in [-0.05, 0) is 50.6 Å². The summed E-state index contributed by atoms with van der Waals surface area (Å²) in [4.78, 5) is 28.7. The van der Waals surface area contributed by atoms with E-state index in [1.807, 2.05) is 36.1 Å². The van der Waals surface area contributed by atoms with Crippen molar-refractivity contribution in [2.75, 3.05) is 38.2 Å². The summed E-state index contributed by atoms with van der Waals surface area (Å²) in [5.41, 5.74) is 1.95. The Labute approximate surface area is 168 Å². The van der Waals surface area contributed by atoms with E-state index in [0.29, 0.717) is 18.7 Å². The average Bonchev–Trinajstić information content (AvgIpc) is 3.00. The van der Waals surface area contributed by atoms with Crippen LogP contribution in [0.2, 0.25) is 0 Å². The lowest BCUT2D eigenvalue weighted by atomic mass is 10.1. The van der Waals surface area contributed by atoms with Gasteiger partial charge in [0.25, 0.3) is 5.91 Å². The first kappa shape index (κ1) is 18.7. The number of anilines is 1. The van der Waals surface area contributed by atoms with Crippen molar-refractivity contribution in [3.8, 4) is 5.75 Å². The van der Waals surface area contributed by atoms with Crippen LogP contribution in [0.5, 0.6) is 5.75 Å². The van der Waals surface area contributed by atoms with Crippen molar-refractivity contribution in [3.63, 3.8) is 0 Å². The van der Waals surface area contributed by atoms with Crippen molar-refractivity contribution >= 4 is 33.3 Å². The van der Waals surface area contributed by atoms with Crippen LogP contribution < -0.4 is 9.64 Å². The lowest BCUT2D eigenvalue weighted by Gasteiger charge is -2.36. The number of amides is 1. The highest BCUT2D eigenvalue weighted by Crippen LogP contribution is 2.35. The van der Waals surface area contributed by atoms with Crippen molar-refractivity contribution < 1.29 is 9.53 Å². The first-order valence-electron chi connectivity index (χ1n) is 9.40. The fourth-order valence-electron chi connectivity index (χ4n) is 3.60. The molecule has 7 heteroatoms. The van der Waals surface area contributed by atoms with Crippen LogP contribution in [0.15, 0.2) is 24.3 Å². The Balaban J connectivity index is 1.53. The second-order valence-corrected chi connectivity index (χ2v) is 8.27. The van der Waals surface area contributed by atoms with Crippen LogP contribution in [0.4, 0.5) is 5.82 Å². The van der Waals surface area contributed by atoms with Crippen LogP contribution >= 0.6 is 11.3 Å². The van der Waals surface area contributed by atoms with Crippen LogP contribution in [-0.4, -0.2) is 54.1 Å². The molecule has 3 heterocycles. The molecule has 0 spiro atoms. The van der Waals surface area contributed by atoms with Crippen LogP contribution in [0, 0.1) is 20.8 Å². The van der Waals surface area contributed by atoms with E-state index in [-0.39, 0.29) is 5.91 Å². The van der Waals surface area contributed by atoms with Gasteiger partial charge in [-0.1, -0.05) is 0 Å². The molecule has 0 atom stereocenters. The smallest absolute Gasteiger partial charge is 0.253 e. The second-order valence-electron chi connectivity index (χ2n) is 7.07. The van der Waals surface area contributed by atoms with Crippen molar-refractivity contribution in [2.45, 2.75) is 20.8 Å². The highest BCUT2D eigenvalue weighted by molar-refractivity contribution is 7.18. The molecule has 1 saturated heterocycles. The number of hydrogen-bond acceptors (Lipinski definition) is 6. The van der Waals surface area contributed by atoms with E-state index in [2.05, 4.69) is 23.7 Å². The minimum atomic E-state index is 0.0638. The van der Waals surface area contributed by atoms with Gasteiger partial charge in [0.1, 0.15) is 22.2 Å². The molecule has 1 aliphatic heterocycles. The number of carbonyl (C=O) groups excluding carboxylic acids is 1. The standard InChI is InChI=1S/C21H24N4O2S/c1-13-14(2)28-20-18(13)19(22-15(3)23-20)24-9-11-25(12-10-24)21(26)16-5-7-17(27-4)8-6-16/h5-8H,9-12H2,1-4H3. The third-order valence-electron chi connectivity index (χ3n) is 5.32. The lowest BCUT2D eigenvalue weighted by molar-refractivity contribution is 0.0746. The van der Waals surface area contributed by atoms with Gasteiger partial charge in [0.05, 0.1) is 12.5 Å². The van der Waals surface area contributed by atoms with Gasteiger partial charge in [-0.25, -0.2) is 9.97 Å². The fourth-order valence-corrected chi connectivity index (χ4v) is 4.67. The Hall–Kier alpha value is -2.67. The van der Waals surface area contributed by atoms with Gasteiger partial charge in [-0.3, -0.25) is 4.79 Å². The molecule has 0 N–H and O–H groups in total. The van der Waals surface area contributed by atoms with Gasteiger partial charge in [-0.15, -0.1) is 11.3 Å². The van der Waals surface area contributed by atoms with Gasteiger partial charge in [0.2, 0.25) is 0 Å². The molecule has 4 rings (SSSR count). The molecule has 0 saturated carbocycles. The molecule has 146 valence electrons. The number of carbonyl (C=O) groups is 1. The summed E-state index contributed by atoms with van der Waals surface area (Å²) in [6.07, 6.45) is 0. The third kappa shape index (κ3) is 3.30. The number of methoxy groups -OCH3 is 1. The zero-order valence-electron chi connectivity index (χ0n) is 16.7. The number of ether oxygens (including phenoxy) is 1. The normalized spacial score (nSPS) is 14.6. The van der Waals surface area contributed by atoms with Gasteiger partial charge in [-0.2, -0.15) is 0 Å². The SMILES string of the molecule is COc1ccc(C(=O)N2CCN(c3nc(C)nc4sc(C)c(C)c34)CC2)cc1. The van der Waals surface area contributed by atoms with Crippen molar-refractivity contribution in [2.24, 2.45) is 0 Å². The number of nitrogens with zero attached hydrogens (tertiary/aromatic N) is 4. The summed E-state index contributed by atoms with van der Waals surface area (Å²) in [6, 6.07) is 7.29. The summed E-state index contributed by atoms with van der Waals surface area (Å²) in [6.45, 7) is 9.10. The second kappa shape index (κ2) is 7.39. The maximum absolute atomic E-state index is 12.8. The monoisotopic (exact) mass is 396 g/mol. The van der Waals surface area contributed by atoms with Crippen molar-refractivity contribution in [3.05, 3.63) is 46.1 Å². The van der Waals surface area contributed by atoms with E-state index >= 15 is 0 Å².